The van der Waals surface area contributed by atoms with E-state index in [0.717, 1.165) is 37.7 Å². The second-order valence-corrected chi connectivity index (χ2v) is 8.39. The normalized spacial score (nSPS) is 19.6. The Morgan fingerprint density at radius 2 is 1.75 bits per heavy atom. The van der Waals surface area contributed by atoms with Crippen LogP contribution < -0.4 is 15.1 Å². The van der Waals surface area contributed by atoms with Gasteiger partial charge in [0.25, 0.3) is 0 Å². The largest absolute Gasteiger partial charge is 0.372 e. The van der Waals surface area contributed by atoms with Gasteiger partial charge in [0.05, 0.1) is 0 Å². The van der Waals surface area contributed by atoms with Crippen LogP contribution in [0.4, 0.5) is 17.1 Å². The SMILES string of the molecule is CC1CCN(c2ccc(NC(=O)CCN3c4ccccc4CC3C)cc2)CC1. The van der Waals surface area contributed by atoms with Crippen LogP contribution >= 0.6 is 0 Å². The molecule has 4 rings (SSSR count). The molecule has 2 heterocycles. The second kappa shape index (κ2) is 8.26. The summed E-state index contributed by atoms with van der Waals surface area (Å²) in [6, 6.07) is 17.3. The van der Waals surface area contributed by atoms with Gasteiger partial charge in [0, 0.05) is 49.2 Å². The van der Waals surface area contributed by atoms with Crippen molar-refractivity contribution in [2.75, 3.05) is 34.8 Å². The fourth-order valence-corrected chi connectivity index (χ4v) is 4.44. The molecule has 2 aromatic carbocycles. The highest BCUT2D eigenvalue weighted by Crippen LogP contribution is 2.31. The molecule has 0 aliphatic carbocycles. The predicted molar refractivity (Wildman–Crippen MR) is 117 cm³/mol. The molecular weight excluding hydrogens is 346 g/mol. The van der Waals surface area contributed by atoms with Crippen LogP contribution in [0.15, 0.2) is 48.5 Å². The lowest BCUT2D eigenvalue weighted by Gasteiger charge is -2.32. The maximum absolute atomic E-state index is 12.5. The third kappa shape index (κ3) is 4.16. The molecule has 0 saturated carbocycles. The molecule has 2 aromatic rings. The van der Waals surface area contributed by atoms with E-state index < -0.39 is 0 Å². The van der Waals surface area contributed by atoms with Crippen molar-refractivity contribution in [3.05, 3.63) is 54.1 Å². The molecule has 1 unspecified atom stereocenters. The predicted octanol–water partition coefficient (Wildman–Crippen LogP) is 4.70. The zero-order valence-corrected chi connectivity index (χ0v) is 17.0. The van der Waals surface area contributed by atoms with Crippen molar-refractivity contribution in [2.24, 2.45) is 5.92 Å². The third-order valence-corrected chi connectivity index (χ3v) is 6.23. The number of anilines is 3. The number of fused-ring (bicyclic) bond motifs is 1. The average Bonchev–Trinajstić information content (AvgIpc) is 3.03. The molecule has 1 N–H and O–H groups in total. The van der Waals surface area contributed by atoms with Gasteiger partial charge in [0.1, 0.15) is 0 Å². The van der Waals surface area contributed by atoms with Crippen molar-refractivity contribution in [1.82, 2.24) is 0 Å². The number of carbonyl (C=O) groups excluding carboxylic acids is 1. The molecular formula is C24H31N3O. The number of benzene rings is 2. The molecule has 0 spiro atoms. The molecule has 1 saturated heterocycles. The zero-order valence-electron chi connectivity index (χ0n) is 17.0. The molecule has 1 fully saturated rings. The van der Waals surface area contributed by atoms with Crippen molar-refractivity contribution in [2.45, 2.75) is 45.6 Å². The lowest BCUT2D eigenvalue weighted by atomic mass is 9.99. The third-order valence-electron chi connectivity index (χ3n) is 6.23. The highest BCUT2D eigenvalue weighted by atomic mass is 16.1. The molecule has 4 nitrogen and oxygen atoms in total. The number of nitrogens with one attached hydrogen (secondary N) is 1. The number of piperidine rings is 1. The standard InChI is InChI=1S/C24H31N3O/c1-18-11-14-26(15-12-18)22-9-7-21(8-10-22)25-24(28)13-16-27-19(2)17-20-5-3-4-6-23(20)27/h3-10,18-19H,11-17H2,1-2H3,(H,25,28). The minimum absolute atomic E-state index is 0.0797. The summed E-state index contributed by atoms with van der Waals surface area (Å²) in [5, 5.41) is 3.06. The first-order chi connectivity index (χ1) is 13.6. The van der Waals surface area contributed by atoms with Crippen molar-refractivity contribution in [1.29, 1.82) is 0 Å². The average molecular weight is 378 g/mol. The Hall–Kier alpha value is -2.49. The van der Waals surface area contributed by atoms with Gasteiger partial charge < -0.3 is 15.1 Å². The first-order valence-corrected chi connectivity index (χ1v) is 10.6. The molecule has 148 valence electrons. The fraction of sp³-hybridized carbons (Fsp3) is 0.458. The Morgan fingerprint density at radius 1 is 1.04 bits per heavy atom. The topological polar surface area (TPSA) is 35.6 Å². The van der Waals surface area contributed by atoms with Gasteiger partial charge in [-0.25, -0.2) is 0 Å². The van der Waals surface area contributed by atoms with Gasteiger partial charge in [-0.1, -0.05) is 25.1 Å². The van der Waals surface area contributed by atoms with Gasteiger partial charge in [-0.05, 0) is 68.0 Å². The van der Waals surface area contributed by atoms with Crippen LogP contribution in [0.1, 0.15) is 38.7 Å². The van der Waals surface area contributed by atoms with Gasteiger partial charge in [-0.2, -0.15) is 0 Å². The summed E-state index contributed by atoms with van der Waals surface area (Å²) >= 11 is 0. The lowest BCUT2D eigenvalue weighted by molar-refractivity contribution is -0.116. The van der Waals surface area contributed by atoms with E-state index >= 15 is 0 Å². The van der Waals surface area contributed by atoms with Crippen molar-refractivity contribution in [3.63, 3.8) is 0 Å². The van der Waals surface area contributed by atoms with Crippen LogP contribution in [0.3, 0.4) is 0 Å². The van der Waals surface area contributed by atoms with E-state index in [1.54, 1.807) is 0 Å². The second-order valence-electron chi connectivity index (χ2n) is 8.39. The van der Waals surface area contributed by atoms with Crippen LogP contribution in [0, 0.1) is 5.92 Å². The van der Waals surface area contributed by atoms with Gasteiger partial charge in [0.15, 0.2) is 0 Å². The molecule has 1 amide bonds. The van der Waals surface area contributed by atoms with E-state index in [-0.39, 0.29) is 5.91 Å². The summed E-state index contributed by atoms with van der Waals surface area (Å²) in [6.45, 7) is 7.58. The van der Waals surface area contributed by atoms with Gasteiger partial charge in [-0.3, -0.25) is 4.79 Å². The number of carbonyl (C=O) groups is 1. The monoisotopic (exact) mass is 377 g/mol. The summed E-state index contributed by atoms with van der Waals surface area (Å²) in [6.07, 6.45) is 4.09. The number of amides is 1. The van der Waals surface area contributed by atoms with E-state index in [2.05, 4.69) is 65.4 Å². The van der Waals surface area contributed by atoms with Gasteiger partial charge >= 0.3 is 0 Å². The highest BCUT2D eigenvalue weighted by Gasteiger charge is 2.25. The van der Waals surface area contributed by atoms with E-state index in [1.165, 1.54) is 29.8 Å². The Morgan fingerprint density at radius 3 is 2.50 bits per heavy atom. The number of nitrogens with zero attached hydrogens (tertiary/aromatic N) is 2. The summed E-state index contributed by atoms with van der Waals surface area (Å²) in [5.41, 5.74) is 4.81. The molecule has 28 heavy (non-hydrogen) atoms. The molecule has 2 aliphatic heterocycles. The quantitative estimate of drug-likeness (QED) is 0.820. The van der Waals surface area contributed by atoms with Crippen LogP contribution in [-0.2, 0) is 11.2 Å². The first kappa shape index (κ1) is 18.9. The van der Waals surface area contributed by atoms with Gasteiger partial charge in [-0.15, -0.1) is 0 Å². The molecule has 4 heteroatoms. The maximum Gasteiger partial charge on any atom is 0.226 e. The summed E-state index contributed by atoms with van der Waals surface area (Å²) in [7, 11) is 0. The highest BCUT2D eigenvalue weighted by molar-refractivity contribution is 5.91. The zero-order chi connectivity index (χ0) is 19.5. The summed E-state index contributed by atoms with van der Waals surface area (Å²) in [4.78, 5) is 17.3. The van der Waals surface area contributed by atoms with Crippen molar-refractivity contribution in [3.8, 4) is 0 Å². The van der Waals surface area contributed by atoms with Crippen molar-refractivity contribution < 1.29 is 4.79 Å². The van der Waals surface area contributed by atoms with Crippen LogP contribution in [0.5, 0.6) is 0 Å². The Kier molecular flexibility index (Phi) is 5.56. The molecule has 1 atom stereocenters. The Bertz CT molecular complexity index is 809. The minimum atomic E-state index is 0.0797. The summed E-state index contributed by atoms with van der Waals surface area (Å²) < 4.78 is 0. The number of hydrogen-bond acceptors (Lipinski definition) is 3. The van der Waals surface area contributed by atoms with Crippen molar-refractivity contribution >= 4 is 23.0 Å². The number of rotatable bonds is 5. The number of para-hydroxylation sites is 1. The van der Waals surface area contributed by atoms with Gasteiger partial charge in [0.2, 0.25) is 5.91 Å². The Labute approximate surface area is 168 Å². The maximum atomic E-state index is 12.5. The van der Waals surface area contributed by atoms with E-state index in [0.29, 0.717) is 12.5 Å². The van der Waals surface area contributed by atoms with Crippen LogP contribution in [0.2, 0.25) is 0 Å². The molecule has 2 aliphatic rings. The summed E-state index contributed by atoms with van der Waals surface area (Å²) in [5.74, 6) is 0.913. The minimum Gasteiger partial charge on any atom is -0.372 e. The molecule has 0 aromatic heterocycles. The molecule has 0 radical (unpaired) electrons. The van der Waals surface area contributed by atoms with E-state index in [1.807, 2.05) is 12.1 Å². The lowest BCUT2D eigenvalue weighted by Crippen LogP contribution is -2.32. The fourth-order valence-electron chi connectivity index (χ4n) is 4.44. The number of hydrogen-bond donors (Lipinski definition) is 1. The Balaban J connectivity index is 1.29. The van der Waals surface area contributed by atoms with Crippen LogP contribution in [0.25, 0.3) is 0 Å². The molecule has 0 bridgehead atoms. The first-order valence-electron chi connectivity index (χ1n) is 10.6. The smallest absolute Gasteiger partial charge is 0.226 e. The van der Waals surface area contributed by atoms with E-state index in [4.69, 9.17) is 0 Å². The van der Waals surface area contributed by atoms with E-state index in [9.17, 15) is 4.79 Å². The van der Waals surface area contributed by atoms with Crippen LogP contribution in [-0.4, -0.2) is 31.6 Å².